The van der Waals surface area contributed by atoms with Crippen molar-refractivity contribution in [2.75, 3.05) is 6.61 Å². The predicted molar refractivity (Wildman–Crippen MR) is 84.0 cm³/mol. The Morgan fingerprint density at radius 3 is 2.50 bits per heavy atom. The van der Waals surface area contributed by atoms with Crippen LogP contribution in [0.5, 0.6) is 11.5 Å². The number of aliphatic imine (C=N–C) groups is 1. The summed E-state index contributed by atoms with van der Waals surface area (Å²) in [6, 6.07) is 11.2. The second kappa shape index (κ2) is 7.26. The summed E-state index contributed by atoms with van der Waals surface area (Å²) in [7, 11) is 0. The lowest BCUT2D eigenvalue weighted by Crippen LogP contribution is -2.05. The zero-order chi connectivity index (χ0) is 15.9. The first-order valence-electron chi connectivity index (χ1n) is 6.93. The van der Waals surface area contributed by atoms with Crippen LogP contribution >= 0.6 is 0 Å². The molecule has 2 aromatic carbocycles. The first-order valence-corrected chi connectivity index (χ1v) is 6.93. The van der Waals surface area contributed by atoms with E-state index in [-0.39, 0.29) is 17.5 Å². The molecule has 2 aromatic rings. The molecule has 22 heavy (non-hydrogen) atoms. The van der Waals surface area contributed by atoms with Gasteiger partial charge in [-0.3, -0.25) is 4.99 Å². The molecule has 114 valence electrons. The van der Waals surface area contributed by atoms with E-state index in [1.807, 2.05) is 6.92 Å². The predicted octanol–water partition coefficient (Wildman–Crippen LogP) is 3.42. The highest BCUT2D eigenvalue weighted by molar-refractivity contribution is 5.90. The molecule has 5 nitrogen and oxygen atoms in total. The van der Waals surface area contributed by atoms with Crippen LogP contribution in [0.4, 0.5) is 5.69 Å². The van der Waals surface area contributed by atoms with Crippen LogP contribution in [0.25, 0.3) is 0 Å². The van der Waals surface area contributed by atoms with E-state index in [1.165, 1.54) is 12.1 Å². The zero-order valence-electron chi connectivity index (χ0n) is 12.2. The number of ether oxygens (including phenoxy) is 1. The number of carbonyl (C=O) groups is 1. The van der Waals surface area contributed by atoms with Crippen molar-refractivity contribution in [3.63, 3.8) is 0 Å². The van der Waals surface area contributed by atoms with Gasteiger partial charge in [0.2, 0.25) is 0 Å². The van der Waals surface area contributed by atoms with Gasteiger partial charge in [0, 0.05) is 6.21 Å². The maximum atomic E-state index is 11.7. The maximum absolute atomic E-state index is 11.7. The Morgan fingerprint density at radius 2 is 1.86 bits per heavy atom. The van der Waals surface area contributed by atoms with Gasteiger partial charge in [-0.15, -0.1) is 0 Å². The van der Waals surface area contributed by atoms with Crippen LogP contribution in [-0.4, -0.2) is 29.0 Å². The number of nitrogens with zero attached hydrogens (tertiary/aromatic N) is 1. The van der Waals surface area contributed by atoms with Crippen molar-refractivity contribution in [1.82, 2.24) is 0 Å². The van der Waals surface area contributed by atoms with Crippen LogP contribution in [0.15, 0.2) is 47.5 Å². The zero-order valence-corrected chi connectivity index (χ0v) is 12.2. The Labute approximate surface area is 128 Å². The van der Waals surface area contributed by atoms with Gasteiger partial charge in [0.05, 0.1) is 17.9 Å². The normalized spacial score (nSPS) is 10.8. The van der Waals surface area contributed by atoms with E-state index >= 15 is 0 Å². The van der Waals surface area contributed by atoms with Crippen molar-refractivity contribution >= 4 is 17.9 Å². The molecule has 2 rings (SSSR count). The number of hydrogen-bond acceptors (Lipinski definition) is 5. The van der Waals surface area contributed by atoms with Gasteiger partial charge in [-0.2, -0.15) is 0 Å². The van der Waals surface area contributed by atoms with E-state index in [1.54, 1.807) is 36.5 Å². The van der Waals surface area contributed by atoms with Gasteiger partial charge in [-0.1, -0.05) is 6.92 Å². The standard InChI is InChI=1S/C17H17NO4/c1-2-9-22-17(21)13-4-6-14(7-5-13)18-11-12-3-8-15(19)16(20)10-12/h3-8,10-11,19-20H,2,9H2,1H3. The Balaban J connectivity index is 2.05. The van der Waals surface area contributed by atoms with Crippen LogP contribution in [-0.2, 0) is 4.74 Å². The van der Waals surface area contributed by atoms with Crippen molar-refractivity contribution in [3.05, 3.63) is 53.6 Å². The first kappa shape index (κ1) is 15.6. The molecule has 0 heterocycles. The van der Waals surface area contributed by atoms with Crippen molar-refractivity contribution in [3.8, 4) is 11.5 Å². The van der Waals surface area contributed by atoms with Crippen molar-refractivity contribution in [1.29, 1.82) is 0 Å². The van der Waals surface area contributed by atoms with Crippen LogP contribution in [0, 0.1) is 0 Å². The largest absolute Gasteiger partial charge is 0.504 e. The number of rotatable bonds is 5. The number of esters is 1. The summed E-state index contributed by atoms with van der Waals surface area (Å²) in [4.78, 5) is 15.9. The van der Waals surface area contributed by atoms with E-state index in [0.29, 0.717) is 23.4 Å². The van der Waals surface area contributed by atoms with Gasteiger partial charge >= 0.3 is 5.97 Å². The third-order valence-electron chi connectivity index (χ3n) is 2.90. The highest BCUT2D eigenvalue weighted by Gasteiger charge is 2.05. The molecule has 5 heteroatoms. The molecular formula is C17H17NO4. The number of phenols is 2. The molecule has 0 spiro atoms. The van der Waals surface area contributed by atoms with Gasteiger partial charge in [-0.25, -0.2) is 4.79 Å². The molecule has 0 radical (unpaired) electrons. The van der Waals surface area contributed by atoms with E-state index in [9.17, 15) is 15.0 Å². The average Bonchev–Trinajstić information content (AvgIpc) is 2.54. The van der Waals surface area contributed by atoms with E-state index < -0.39 is 0 Å². The summed E-state index contributed by atoms with van der Waals surface area (Å²) in [6.07, 6.45) is 2.34. The minimum Gasteiger partial charge on any atom is -0.504 e. The maximum Gasteiger partial charge on any atom is 0.338 e. The van der Waals surface area contributed by atoms with E-state index in [2.05, 4.69) is 4.99 Å². The molecule has 0 unspecified atom stereocenters. The third-order valence-corrected chi connectivity index (χ3v) is 2.90. The van der Waals surface area contributed by atoms with Crippen LogP contribution in [0.1, 0.15) is 29.3 Å². The number of aromatic hydroxyl groups is 2. The van der Waals surface area contributed by atoms with Crippen LogP contribution in [0.3, 0.4) is 0 Å². The average molecular weight is 299 g/mol. The van der Waals surface area contributed by atoms with Gasteiger partial charge in [0.15, 0.2) is 11.5 Å². The summed E-state index contributed by atoms with van der Waals surface area (Å²) in [6.45, 7) is 2.34. The molecule has 0 aliphatic heterocycles. The Bertz CT molecular complexity index is 678. The van der Waals surface area contributed by atoms with Crippen LogP contribution < -0.4 is 0 Å². The molecule has 0 aliphatic rings. The minimum absolute atomic E-state index is 0.174. The molecule has 0 atom stereocenters. The van der Waals surface area contributed by atoms with Crippen molar-refractivity contribution < 1.29 is 19.7 Å². The molecule has 2 N–H and O–H groups in total. The third kappa shape index (κ3) is 4.09. The Hall–Kier alpha value is -2.82. The second-order valence-electron chi connectivity index (χ2n) is 4.69. The topological polar surface area (TPSA) is 79.1 Å². The van der Waals surface area contributed by atoms with Gasteiger partial charge < -0.3 is 14.9 Å². The number of hydrogen-bond donors (Lipinski definition) is 2. The number of carbonyl (C=O) groups excluding carboxylic acids is 1. The summed E-state index contributed by atoms with van der Waals surface area (Å²) in [5, 5.41) is 18.6. The molecule has 0 saturated heterocycles. The SMILES string of the molecule is CCCOC(=O)c1ccc(N=Cc2ccc(O)c(O)c2)cc1. The highest BCUT2D eigenvalue weighted by Crippen LogP contribution is 2.24. The van der Waals surface area contributed by atoms with Gasteiger partial charge in [-0.05, 0) is 54.4 Å². The fraction of sp³-hybridized carbons (Fsp3) is 0.176. The Morgan fingerprint density at radius 1 is 1.14 bits per heavy atom. The monoisotopic (exact) mass is 299 g/mol. The highest BCUT2D eigenvalue weighted by atomic mass is 16.5. The molecular weight excluding hydrogens is 282 g/mol. The second-order valence-corrected chi connectivity index (χ2v) is 4.69. The molecule has 0 aliphatic carbocycles. The van der Waals surface area contributed by atoms with Crippen LogP contribution in [0.2, 0.25) is 0 Å². The number of benzene rings is 2. The van der Waals surface area contributed by atoms with Gasteiger partial charge in [0.1, 0.15) is 0 Å². The van der Waals surface area contributed by atoms with E-state index in [4.69, 9.17) is 4.74 Å². The lowest BCUT2D eigenvalue weighted by molar-refractivity contribution is 0.0505. The molecule has 0 amide bonds. The molecule has 0 saturated carbocycles. The fourth-order valence-corrected chi connectivity index (χ4v) is 1.73. The van der Waals surface area contributed by atoms with Gasteiger partial charge in [0.25, 0.3) is 0 Å². The number of phenolic OH excluding ortho intramolecular Hbond substituents is 2. The Kier molecular flexibility index (Phi) is 5.14. The quantitative estimate of drug-likeness (QED) is 0.504. The lowest BCUT2D eigenvalue weighted by Gasteiger charge is -2.03. The summed E-state index contributed by atoms with van der Waals surface area (Å²) in [5.41, 5.74) is 1.80. The smallest absolute Gasteiger partial charge is 0.338 e. The minimum atomic E-state index is -0.346. The summed E-state index contributed by atoms with van der Waals surface area (Å²) >= 11 is 0. The molecule has 0 aromatic heterocycles. The van der Waals surface area contributed by atoms with E-state index in [0.717, 1.165) is 6.42 Å². The summed E-state index contributed by atoms with van der Waals surface area (Å²) < 4.78 is 5.04. The molecule has 0 bridgehead atoms. The first-order chi connectivity index (χ1) is 10.6. The summed E-state index contributed by atoms with van der Waals surface area (Å²) in [5.74, 6) is -0.717. The lowest BCUT2D eigenvalue weighted by atomic mass is 10.2. The molecule has 0 fully saturated rings. The fourth-order valence-electron chi connectivity index (χ4n) is 1.73. The van der Waals surface area contributed by atoms with Crippen molar-refractivity contribution in [2.24, 2.45) is 4.99 Å². The van der Waals surface area contributed by atoms with Crippen molar-refractivity contribution in [2.45, 2.75) is 13.3 Å².